The monoisotopic (exact) mass is 271 g/mol. The Kier molecular flexibility index (Phi) is 3.56. The second-order valence-corrected chi connectivity index (χ2v) is 6.26. The zero-order valence-corrected chi connectivity index (χ0v) is 10.8. The molecule has 1 aromatic rings. The van der Waals surface area contributed by atoms with Gasteiger partial charge >= 0.3 is 0 Å². The number of carbonyl (C=O) groups excluding carboxylic acids is 1. The highest BCUT2D eigenvalue weighted by atomic mass is 32.2. The number of hydrogen-bond donors (Lipinski definition) is 1. The van der Waals surface area contributed by atoms with Crippen molar-refractivity contribution in [2.24, 2.45) is 0 Å². The summed E-state index contributed by atoms with van der Waals surface area (Å²) in [6.45, 7) is 0.383. The van der Waals surface area contributed by atoms with Crippen molar-refractivity contribution < 1.29 is 13.2 Å². The van der Waals surface area contributed by atoms with E-state index in [1.54, 1.807) is 18.2 Å². The Morgan fingerprint density at radius 3 is 2.53 bits per heavy atom. The zero-order valence-electron chi connectivity index (χ0n) is 9.11. The summed E-state index contributed by atoms with van der Waals surface area (Å²) in [5, 5.41) is -0.387. The Morgan fingerprint density at radius 1 is 1.29 bits per heavy atom. The molecule has 1 aromatic carbocycles. The number of benzene rings is 1. The second-order valence-electron chi connectivity index (χ2n) is 3.93. The van der Waals surface area contributed by atoms with E-state index in [1.165, 1.54) is 16.4 Å². The lowest BCUT2D eigenvalue weighted by atomic mass is 10.2. The average molecular weight is 271 g/mol. The molecule has 2 rings (SSSR count). The van der Waals surface area contributed by atoms with E-state index in [0.29, 0.717) is 19.4 Å². The van der Waals surface area contributed by atoms with Crippen molar-refractivity contribution in [2.75, 3.05) is 6.54 Å². The SMILES string of the molecule is O=C(S)C1CCCN1S(=O)(=O)c1ccccc1. The van der Waals surface area contributed by atoms with E-state index in [0.717, 1.165) is 0 Å². The summed E-state index contributed by atoms with van der Waals surface area (Å²) in [6.07, 6.45) is 1.25. The Morgan fingerprint density at radius 2 is 1.94 bits per heavy atom. The molecule has 4 nitrogen and oxygen atoms in total. The van der Waals surface area contributed by atoms with Gasteiger partial charge < -0.3 is 0 Å². The molecule has 1 saturated heterocycles. The van der Waals surface area contributed by atoms with E-state index >= 15 is 0 Å². The predicted molar refractivity (Wildman–Crippen MR) is 67.3 cm³/mol. The minimum Gasteiger partial charge on any atom is -0.286 e. The van der Waals surface area contributed by atoms with Gasteiger partial charge in [0.05, 0.1) is 10.9 Å². The molecule has 0 aromatic heterocycles. The van der Waals surface area contributed by atoms with Gasteiger partial charge in [-0.1, -0.05) is 18.2 Å². The molecule has 1 fully saturated rings. The molecule has 17 heavy (non-hydrogen) atoms. The number of nitrogens with zero attached hydrogens (tertiary/aromatic N) is 1. The van der Waals surface area contributed by atoms with Crippen LogP contribution in [0.2, 0.25) is 0 Å². The van der Waals surface area contributed by atoms with Gasteiger partial charge in [-0.25, -0.2) is 8.42 Å². The molecule has 0 radical (unpaired) electrons. The minimum absolute atomic E-state index is 0.224. The van der Waals surface area contributed by atoms with Crippen LogP contribution >= 0.6 is 12.6 Å². The predicted octanol–water partition coefficient (Wildman–Crippen LogP) is 1.30. The molecule has 0 spiro atoms. The summed E-state index contributed by atoms with van der Waals surface area (Å²) in [6, 6.07) is 7.54. The van der Waals surface area contributed by atoms with Gasteiger partial charge in [-0.3, -0.25) is 4.79 Å². The fourth-order valence-electron chi connectivity index (χ4n) is 2.00. The van der Waals surface area contributed by atoms with Crippen molar-refractivity contribution >= 4 is 27.8 Å². The van der Waals surface area contributed by atoms with E-state index in [9.17, 15) is 13.2 Å². The highest BCUT2D eigenvalue weighted by molar-refractivity contribution is 7.97. The first-order valence-corrected chi connectivity index (χ1v) is 7.22. The third-order valence-electron chi connectivity index (χ3n) is 2.84. The van der Waals surface area contributed by atoms with Gasteiger partial charge in [0.1, 0.15) is 0 Å². The first kappa shape index (κ1) is 12.6. The van der Waals surface area contributed by atoms with Gasteiger partial charge in [0, 0.05) is 6.54 Å². The highest BCUT2D eigenvalue weighted by Crippen LogP contribution is 2.26. The van der Waals surface area contributed by atoms with Crippen molar-refractivity contribution in [3.63, 3.8) is 0 Å². The van der Waals surface area contributed by atoms with Crippen LogP contribution < -0.4 is 0 Å². The molecule has 92 valence electrons. The molecule has 1 heterocycles. The molecular formula is C11H13NO3S2. The molecule has 0 saturated carbocycles. The smallest absolute Gasteiger partial charge is 0.243 e. The van der Waals surface area contributed by atoms with Gasteiger partial charge in [0.2, 0.25) is 15.1 Å². The maximum atomic E-state index is 12.3. The number of rotatable bonds is 3. The van der Waals surface area contributed by atoms with Crippen LogP contribution in [0.3, 0.4) is 0 Å². The molecule has 0 bridgehead atoms. The van der Waals surface area contributed by atoms with Crippen molar-refractivity contribution in [1.29, 1.82) is 0 Å². The largest absolute Gasteiger partial charge is 0.286 e. The molecule has 1 atom stereocenters. The highest BCUT2D eigenvalue weighted by Gasteiger charge is 2.37. The molecule has 1 aliphatic rings. The van der Waals surface area contributed by atoms with Gasteiger partial charge in [-0.2, -0.15) is 4.31 Å². The summed E-state index contributed by atoms with van der Waals surface area (Å²) in [5.74, 6) is 0. The van der Waals surface area contributed by atoms with Crippen molar-refractivity contribution in [2.45, 2.75) is 23.8 Å². The minimum atomic E-state index is -3.57. The van der Waals surface area contributed by atoms with Crippen LogP contribution in [0.15, 0.2) is 35.2 Å². The average Bonchev–Trinajstić information content (AvgIpc) is 2.80. The molecule has 0 aliphatic carbocycles. The lowest BCUT2D eigenvalue weighted by Gasteiger charge is -2.21. The summed E-state index contributed by atoms with van der Waals surface area (Å²) < 4.78 is 25.8. The number of hydrogen-bond acceptors (Lipinski definition) is 3. The Bertz CT molecular complexity index is 513. The van der Waals surface area contributed by atoms with Crippen LogP contribution in [-0.4, -0.2) is 30.4 Å². The Hall–Kier alpha value is -0.850. The Labute approximate surface area is 106 Å². The van der Waals surface area contributed by atoms with E-state index in [2.05, 4.69) is 12.6 Å². The third kappa shape index (κ3) is 2.38. The summed E-state index contributed by atoms with van der Waals surface area (Å²) in [5.41, 5.74) is 0. The quantitative estimate of drug-likeness (QED) is 0.843. The van der Waals surface area contributed by atoms with E-state index in [4.69, 9.17) is 0 Å². The fraction of sp³-hybridized carbons (Fsp3) is 0.364. The van der Waals surface area contributed by atoms with Crippen LogP contribution in [-0.2, 0) is 14.8 Å². The normalized spacial score (nSPS) is 21.6. The maximum absolute atomic E-state index is 12.3. The van der Waals surface area contributed by atoms with Crippen molar-refractivity contribution in [3.05, 3.63) is 30.3 Å². The molecule has 0 N–H and O–H groups in total. The molecule has 6 heteroatoms. The summed E-state index contributed by atoms with van der Waals surface area (Å²) >= 11 is 3.75. The van der Waals surface area contributed by atoms with Crippen LogP contribution in [0.1, 0.15) is 12.8 Å². The van der Waals surface area contributed by atoms with Crippen LogP contribution in [0.5, 0.6) is 0 Å². The molecule has 1 unspecified atom stereocenters. The number of sulfonamides is 1. The van der Waals surface area contributed by atoms with Crippen molar-refractivity contribution in [1.82, 2.24) is 4.31 Å². The van der Waals surface area contributed by atoms with Gasteiger partial charge in [-0.05, 0) is 25.0 Å². The van der Waals surface area contributed by atoms with E-state index in [1.807, 2.05) is 0 Å². The van der Waals surface area contributed by atoms with E-state index < -0.39 is 16.1 Å². The first-order chi connectivity index (χ1) is 8.03. The van der Waals surface area contributed by atoms with E-state index in [-0.39, 0.29) is 10.0 Å². The standard InChI is InChI=1S/C11H13NO3S2/c13-11(16)10-7-4-8-12(10)17(14,15)9-5-2-1-3-6-9/h1-3,5-6,10H,4,7-8H2,(H,13,16). The molecular weight excluding hydrogens is 258 g/mol. The summed E-state index contributed by atoms with van der Waals surface area (Å²) in [4.78, 5) is 11.5. The van der Waals surface area contributed by atoms with Crippen LogP contribution in [0, 0.1) is 0 Å². The van der Waals surface area contributed by atoms with Gasteiger partial charge in [-0.15, -0.1) is 12.6 Å². The zero-order chi connectivity index (χ0) is 12.5. The fourth-order valence-corrected chi connectivity index (χ4v) is 4.03. The topological polar surface area (TPSA) is 54.5 Å². The molecule has 1 aliphatic heterocycles. The van der Waals surface area contributed by atoms with Crippen LogP contribution in [0.4, 0.5) is 0 Å². The summed E-state index contributed by atoms with van der Waals surface area (Å²) in [7, 11) is -3.57. The lowest BCUT2D eigenvalue weighted by molar-refractivity contribution is -0.113. The van der Waals surface area contributed by atoms with Gasteiger partial charge in [0.15, 0.2) is 0 Å². The second kappa shape index (κ2) is 4.80. The first-order valence-electron chi connectivity index (χ1n) is 5.33. The van der Waals surface area contributed by atoms with Crippen LogP contribution in [0.25, 0.3) is 0 Å². The van der Waals surface area contributed by atoms with Crippen molar-refractivity contribution in [3.8, 4) is 0 Å². The Balaban J connectivity index is 2.37. The number of carbonyl (C=O) groups is 1. The van der Waals surface area contributed by atoms with Gasteiger partial charge in [0.25, 0.3) is 0 Å². The lowest BCUT2D eigenvalue weighted by Crippen LogP contribution is -2.38. The third-order valence-corrected chi connectivity index (χ3v) is 5.06. The maximum Gasteiger partial charge on any atom is 0.243 e. The number of thiol groups is 1. The molecule has 0 amide bonds.